The van der Waals surface area contributed by atoms with E-state index in [0.29, 0.717) is 12.6 Å². The van der Waals surface area contributed by atoms with Crippen molar-refractivity contribution in [3.63, 3.8) is 0 Å². The number of hydrazine groups is 1. The molecule has 7 heteroatoms. The number of hydrogen-bond acceptors (Lipinski definition) is 7. The first-order valence-electron chi connectivity index (χ1n) is 11.2. The van der Waals surface area contributed by atoms with Crippen molar-refractivity contribution in [1.29, 1.82) is 0 Å². The van der Waals surface area contributed by atoms with Gasteiger partial charge in [-0.05, 0) is 38.4 Å². The number of likely N-dealkylation sites (tertiary alicyclic amines) is 1. The number of nitrogens with one attached hydrogen (secondary N) is 2. The number of nitrogens with zero attached hydrogens (tertiary/aromatic N) is 3. The van der Waals surface area contributed by atoms with Crippen LogP contribution in [0.3, 0.4) is 0 Å². The number of carbonyl (C=O) groups excluding carboxylic acids is 1. The van der Waals surface area contributed by atoms with E-state index in [1.807, 2.05) is 6.92 Å². The fraction of sp³-hybridized carbons (Fsp3) is 0.682. The van der Waals surface area contributed by atoms with Crippen molar-refractivity contribution >= 4 is 11.7 Å². The van der Waals surface area contributed by atoms with Gasteiger partial charge in [0.05, 0.1) is 6.61 Å². The molecule has 3 fully saturated rings. The summed E-state index contributed by atoms with van der Waals surface area (Å²) in [6, 6.07) is 11.1. The molecule has 3 aliphatic rings. The summed E-state index contributed by atoms with van der Waals surface area (Å²) in [5.74, 6) is 0.135. The Morgan fingerprint density at radius 2 is 1.93 bits per heavy atom. The van der Waals surface area contributed by atoms with E-state index in [-0.39, 0.29) is 17.9 Å². The smallest absolute Gasteiger partial charge is 0.324 e. The van der Waals surface area contributed by atoms with E-state index in [2.05, 4.69) is 55.9 Å². The number of benzene rings is 1. The number of rotatable bonds is 6. The zero-order chi connectivity index (χ0) is 20.1. The molecule has 1 aromatic rings. The van der Waals surface area contributed by atoms with Gasteiger partial charge >= 0.3 is 5.97 Å². The van der Waals surface area contributed by atoms with Crippen LogP contribution in [0.2, 0.25) is 0 Å². The Morgan fingerprint density at radius 3 is 2.69 bits per heavy atom. The average Bonchev–Trinajstić information content (AvgIpc) is 3.23. The van der Waals surface area contributed by atoms with Gasteiger partial charge in [0.25, 0.3) is 0 Å². The third kappa shape index (κ3) is 5.09. The van der Waals surface area contributed by atoms with Gasteiger partial charge < -0.3 is 14.5 Å². The van der Waals surface area contributed by atoms with E-state index in [4.69, 9.17) is 4.74 Å². The van der Waals surface area contributed by atoms with E-state index in [9.17, 15) is 4.79 Å². The highest BCUT2D eigenvalue weighted by Gasteiger charge is 2.36. The maximum atomic E-state index is 12.2. The maximum Gasteiger partial charge on any atom is 0.324 e. The second kappa shape index (κ2) is 9.89. The Bertz CT molecular complexity index is 650. The second-order valence-corrected chi connectivity index (χ2v) is 8.43. The first-order valence-corrected chi connectivity index (χ1v) is 11.2. The molecule has 1 aromatic carbocycles. The van der Waals surface area contributed by atoms with Crippen LogP contribution in [0.5, 0.6) is 0 Å². The van der Waals surface area contributed by atoms with Crippen molar-refractivity contribution < 1.29 is 9.53 Å². The van der Waals surface area contributed by atoms with Crippen LogP contribution in [-0.4, -0.2) is 86.8 Å². The zero-order valence-electron chi connectivity index (χ0n) is 17.6. The number of hydrogen-bond donors (Lipinski definition) is 2. The highest BCUT2D eigenvalue weighted by molar-refractivity contribution is 5.76. The van der Waals surface area contributed by atoms with Crippen molar-refractivity contribution in [3.8, 4) is 0 Å². The minimum atomic E-state index is -0.232. The molecule has 29 heavy (non-hydrogen) atoms. The lowest BCUT2D eigenvalue weighted by Gasteiger charge is -2.44. The van der Waals surface area contributed by atoms with Gasteiger partial charge in [0.1, 0.15) is 6.04 Å². The normalized spacial score (nSPS) is 29.1. The van der Waals surface area contributed by atoms with Crippen LogP contribution in [-0.2, 0) is 9.53 Å². The van der Waals surface area contributed by atoms with E-state index < -0.39 is 0 Å². The molecular formula is C22H35N5O2. The molecule has 3 saturated heterocycles. The summed E-state index contributed by atoms with van der Waals surface area (Å²) in [6.07, 6.45) is 2.52. The van der Waals surface area contributed by atoms with Crippen LogP contribution in [0, 0.1) is 5.92 Å². The lowest BCUT2D eigenvalue weighted by Crippen LogP contribution is -2.56. The molecule has 160 valence electrons. The third-order valence-corrected chi connectivity index (χ3v) is 6.56. The number of anilines is 1. The molecule has 3 atom stereocenters. The van der Waals surface area contributed by atoms with Crippen LogP contribution in [0.25, 0.3) is 0 Å². The monoisotopic (exact) mass is 401 g/mol. The van der Waals surface area contributed by atoms with Gasteiger partial charge in [0, 0.05) is 63.5 Å². The van der Waals surface area contributed by atoms with Crippen LogP contribution >= 0.6 is 0 Å². The first-order chi connectivity index (χ1) is 14.2. The maximum absolute atomic E-state index is 12.2. The molecular weight excluding hydrogens is 366 g/mol. The molecule has 3 heterocycles. The average molecular weight is 402 g/mol. The summed E-state index contributed by atoms with van der Waals surface area (Å²) < 4.78 is 5.24. The van der Waals surface area contributed by atoms with Crippen LogP contribution in [0.15, 0.2) is 30.3 Å². The molecule has 0 amide bonds. The highest BCUT2D eigenvalue weighted by Crippen LogP contribution is 2.22. The molecule has 0 aromatic heterocycles. The van der Waals surface area contributed by atoms with Gasteiger partial charge in [-0.3, -0.25) is 15.1 Å². The fourth-order valence-electron chi connectivity index (χ4n) is 5.00. The lowest BCUT2D eigenvalue weighted by molar-refractivity contribution is -0.146. The predicted octanol–water partition coefficient (Wildman–Crippen LogP) is 0.929. The molecule has 7 nitrogen and oxygen atoms in total. The minimum absolute atomic E-state index is 0.131. The van der Waals surface area contributed by atoms with Gasteiger partial charge in [-0.1, -0.05) is 18.2 Å². The molecule has 4 rings (SSSR count). The number of esters is 1. The first kappa shape index (κ1) is 20.6. The Hall–Kier alpha value is -1.67. The van der Waals surface area contributed by atoms with Crippen molar-refractivity contribution in [2.24, 2.45) is 5.92 Å². The molecule has 0 spiro atoms. The molecule has 0 aliphatic carbocycles. The summed E-state index contributed by atoms with van der Waals surface area (Å²) in [7, 11) is 0. The van der Waals surface area contributed by atoms with Gasteiger partial charge in [0.15, 0.2) is 0 Å². The van der Waals surface area contributed by atoms with Crippen molar-refractivity contribution in [1.82, 2.24) is 20.7 Å². The van der Waals surface area contributed by atoms with Gasteiger partial charge in [-0.2, -0.15) is 0 Å². The number of piperidine rings is 1. The second-order valence-electron chi connectivity index (χ2n) is 8.43. The zero-order valence-corrected chi connectivity index (χ0v) is 17.6. The number of carbonyl (C=O) groups is 1. The standard InChI is InChI=1S/C22H35N5O2/c1-2-29-22(28)21-18(15-23-24-21)16-25-10-6-9-20(17-25)27-13-11-26(12-14-27)19-7-4-3-5-8-19/h3-5,7-8,18,20-21,23-24H,2,6,9-17H2,1H3. The Kier molecular flexibility index (Phi) is 7.02. The van der Waals surface area contributed by atoms with E-state index in [1.54, 1.807) is 0 Å². The van der Waals surface area contributed by atoms with Gasteiger partial charge in [-0.25, -0.2) is 5.43 Å². The summed E-state index contributed by atoms with van der Waals surface area (Å²) >= 11 is 0. The quantitative estimate of drug-likeness (QED) is 0.688. The fourth-order valence-corrected chi connectivity index (χ4v) is 5.00. The lowest BCUT2D eigenvalue weighted by atomic mass is 9.98. The SMILES string of the molecule is CCOC(=O)C1NNCC1CN1CCCC(N2CCN(c3ccccc3)CC2)C1. The van der Waals surface area contributed by atoms with E-state index >= 15 is 0 Å². The number of ether oxygens (including phenoxy) is 1. The van der Waals surface area contributed by atoms with E-state index in [1.165, 1.54) is 18.5 Å². The largest absolute Gasteiger partial charge is 0.465 e. The molecule has 0 radical (unpaired) electrons. The number of para-hydroxylation sites is 1. The van der Waals surface area contributed by atoms with Crippen molar-refractivity contribution in [2.45, 2.75) is 31.8 Å². The predicted molar refractivity (Wildman–Crippen MR) is 115 cm³/mol. The Labute approximate surface area is 174 Å². The molecule has 0 bridgehead atoms. The van der Waals surface area contributed by atoms with Gasteiger partial charge in [0.2, 0.25) is 0 Å². The Balaban J connectivity index is 1.27. The summed E-state index contributed by atoms with van der Waals surface area (Å²) in [4.78, 5) is 19.9. The van der Waals surface area contributed by atoms with Crippen molar-refractivity contribution in [3.05, 3.63) is 30.3 Å². The Morgan fingerprint density at radius 1 is 1.14 bits per heavy atom. The van der Waals surface area contributed by atoms with Crippen molar-refractivity contribution in [2.75, 3.05) is 63.9 Å². The van der Waals surface area contributed by atoms with Crippen LogP contribution in [0.1, 0.15) is 19.8 Å². The highest BCUT2D eigenvalue weighted by atomic mass is 16.5. The summed E-state index contributed by atoms with van der Waals surface area (Å²) in [5.41, 5.74) is 7.60. The molecule has 3 aliphatic heterocycles. The van der Waals surface area contributed by atoms with Gasteiger partial charge in [-0.15, -0.1) is 0 Å². The molecule has 3 unspecified atom stereocenters. The molecule has 2 N–H and O–H groups in total. The number of piperazine rings is 1. The summed E-state index contributed by atoms with van der Waals surface area (Å²) in [6.45, 7) is 10.8. The van der Waals surface area contributed by atoms with E-state index in [0.717, 1.165) is 52.4 Å². The third-order valence-electron chi connectivity index (χ3n) is 6.56. The summed E-state index contributed by atoms with van der Waals surface area (Å²) in [5, 5.41) is 0. The minimum Gasteiger partial charge on any atom is -0.465 e. The molecule has 0 saturated carbocycles. The van der Waals surface area contributed by atoms with Crippen LogP contribution in [0.4, 0.5) is 5.69 Å². The van der Waals surface area contributed by atoms with Crippen LogP contribution < -0.4 is 15.8 Å². The topological polar surface area (TPSA) is 60.1 Å².